The van der Waals surface area contributed by atoms with Crippen LogP contribution in [0.1, 0.15) is 55.5 Å². The summed E-state index contributed by atoms with van der Waals surface area (Å²) in [7, 11) is 1.79. The fraction of sp³-hybridized carbons (Fsp3) is 0.600. The van der Waals surface area contributed by atoms with Gasteiger partial charge in [-0.2, -0.15) is 0 Å². The van der Waals surface area contributed by atoms with Crippen LogP contribution >= 0.6 is 0 Å². The molecule has 1 unspecified atom stereocenters. The van der Waals surface area contributed by atoms with E-state index in [4.69, 9.17) is 0 Å². The van der Waals surface area contributed by atoms with Crippen molar-refractivity contribution in [3.8, 4) is 5.75 Å². The van der Waals surface area contributed by atoms with Gasteiger partial charge in [-0.3, -0.25) is 9.59 Å². The Morgan fingerprint density at radius 1 is 1.32 bits per heavy atom. The first kappa shape index (κ1) is 19.3. The SMILES string of the molecule is Cc1cc(C(=O)N(C)CCC2CCCCN2C(=O)C(C)C)ccc1O. The number of nitrogens with zero attached hydrogens (tertiary/aromatic N) is 2. The van der Waals surface area contributed by atoms with E-state index >= 15 is 0 Å². The molecule has 1 atom stereocenters. The molecule has 0 bridgehead atoms. The molecule has 1 aliphatic rings. The monoisotopic (exact) mass is 346 g/mol. The number of amides is 2. The molecule has 1 heterocycles. The van der Waals surface area contributed by atoms with Crippen molar-refractivity contribution in [1.82, 2.24) is 9.80 Å². The molecule has 138 valence electrons. The summed E-state index contributed by atoms with van der Waals surface area (Å²) in [4.78, 5) is 28.7. The Bertz CT molecular complexity index is 627. The van der Waals surface area contributed by atoms with Crippen LogP contribution in [-0.2, 0) is 4.79 Å². The fourth-order valence-corrected chi connectivity index (χ4v) is 3.38. The third-order valence-electron chi connectivity index (χ3n) is 4.99. The maximum Gasteiger partial charge on any atom is 0.253 e. The van der Waals surface area contributed by atoms with Gasteiger partial charge >= 0.3 is 0 Å². The highest BCUT2D eigenvalue weighted by Crippen LogP contribution is 2.23. The Hall–Kier alpha value is -2.04. The van der Waals surface area contributed by atoms with Crippen molar-refractivity contribution in [2.24, 2.45) is 5.92 Å². The average molecular weight is 346 g/mol. The summed E-state index contributed by atoms with van der Waals surface area (Å²) in [6, 6.07) is 5.14. The number of rotatable bonds is 5. The Morgan fingerprint density at radius 2 is 2.04 bits per heavy atom. The molecule has 2 amide bonds. The molecule has 0 radical (unpaired) electrons. The molecule has 5 nitrogen and oxygen atoms in total. The Morgan fingerprint density at radius 3 is 2.68 bits per heavy atom. The van der Waals surface area contributed by atoms with Gasteiger partial charge in [0.25, 0.3) is 5.91 Å². The number of aromatic hydroxyl groups is 1. The first-order chi connectivity index (χ1) is 11.8. The Kier molecular flexibility index (Phi) is 6.45. The van der Waals surface area contributed by atoms with Gasteiger partial charge in [0.2, 0.25) is 5.91 Å². The number of piperidine rings is 1. The van der Waals surface area contributed by atoms with Crippen LogP contribution in [0.5, 0.6) is 5.75 Å². The summed E-state index contributed by atoms with van der Waals surface area (Å²) in [5.41, 5.74) is 1.27. The zero-order chi connectivity index (χ0) is 18.6. The van der Waals surface area contributed by atoms with Crippen molar-refractivity contribution in [3.63, 3.8) is 0 Å². The quantitative estimate of drug-likeness (QED) is 0.890. The Labute approximate surface area is 150 Å². The van der Waals surface area contributed by atoms with Crippen LogP contribution in [0, 0.1) is 12.8 Å². The Balaban J connectivity index is 1.97. The van der Waals surface area contributed by atoms with E-state index in [0.29, 0.717) is 17.7 Å². The van der Waals surface area contributed by atoms with Gasteiger partial charge in [0.15, 0.2) is 0 Å². The first-order valence-corrected chi connectivity index (χ1v) is 9.16. The van der Waals surface area contributed by atoms with Gasteiger partial charge in [0, 0.05) is 37.7 Å². The standard InChI is InChI=1S/C20H30N2O3/c1-14(2)19(24)22-11-6-5-7-17(22)10-12-21(4)20(25)16-8-9-18(23)15(3)13-16/h8-9,13-14,17,23H,5-7,10-12H2,1-4H3. The molecule has 1 aromatic rings. The predicted molar refractivity (Wildman–Crippen MR) is 98.6 cm³/mol. The van der Waals surface area contributed by atoms with Crippen molar-refractivity contribution in [2.45, 2.75) is 52.5 Å². The van der Waals surface area contributed by atoms with Gasteiger partial charge < -0.3 is 14.9 Å². The molecule has 5 heteroatoms. The summed E-state index contributed by atoms with van der Waals surface area (Å²) in [5.74, 6) is 0.373. The maximum absolute atomic E-state index is 12.6. The average Bonchev–Trinajstić information content (AvgIpc) is 2.60. The van der Waals surface area contributed by atoms with Crippen molar-refractivity contribution in [2.75, 3.05) is 20.1 Å². The number of hydrogen-bond acceptors (Lipinski definition) is 3. The first-order valence-electron chi connectivity index (χ1n) is 9.16. The second-order valence-electron chi connectivity index (χ2n) is 7.35. The second kappa shape index (κ2) is 8.37. The second-order valence-corrected chi connectivity index (χ2v) is 7.35. The number of carbonyl (C=O) groups excluding carboxylic acids is 2. The smallest absolute Gasteiger partial charge is 0.253 e. The lowest BCUT2D eigenvalue weighted by molar-refractivity contribution is -0.138. The molecule has 0 aliphatic carbocycles. The third-order valence-corrected chi connectivity index (χ3v) is 4.99. The summed E-state index contributed by atoms with van der Waals surface area (Å²) < 4.78 is 0. The van der Waals surface area contributed by atoms with Crippen LogP contribution in [0.3, 0.4) is 0 Å². The van der Waals surface area contributed by atoms with Gasteiger partial charge in [-0.15, -0.1) is 0 Å². The number of hydrogen-bond donors (Lipinski definition) is 1. The number of carbonyl (C=O) groups is 2. The van der Waals surface area contributed by atoms with E-state index < -0.39 is 0 Å². The lowest BCUT2D eigenvalue weighted by atomic mass is 9.97. The number of benzene rings is 1. The van der Waals surface area contributed by atoms with E-state index in [2.05, 4.69) is 0 Å². The molecule has 2 rings (SSSR count). The van der Waals surface area contributed by atoms with Crippen LogP contribution in [-0.4, -0.2) is 52.9 Å². The lowest BCUT2D eigenvalue weighted by Crippen LogP contribution is -2.47. The minimum absolute atomic E-state index is 0.0138. The highest BCUT2D eigenvalue weighted by Gasteiger charge is 2.28. The number of likely N-dealkylation sites (tertiary alicyclic amines) is 1. The van der Waals surface area contributed by atoms with Gasteiger partial charge in [0.1, 0.15) is 5.75 Å². The zero-order valence-corrected chi connectivity index (χ0v) is 15.8. The van der Waals surface area contributed by atoms with E-state index in [1.165, 1.54) is 0 Å². The van der Waals surface area contributed by atoms with E-state index in [1.807, 2.05) is 18.7 Å². The molecule has 25 heavy (non-hydrogen) atoms. The number of aryl methyl sites for hydroxylation is 1. The molecule has 1 aliphatic heterocycles. The van der Waals surface area contributed by atoms with Crippen molar-refractivity contribution < 1.29 is 14.7 Å². The topological polar surface area (TPSA) is 60.9 Å². The summed E-state index contributed by atoms with van der Waals surface area (Å²) >= 11 is 0. The molecule has 1 fully saturated rings. The van der Waals surface area contributed by atoms with E-state index in [0.717, 1.165) is 32.2 Å². The third kappa shape index (κ3) is 4.74. The van der Waals surface area contributed by atoms with Gasteiger partial charge in [0.05, 0.1) is 0 Å². The minimum Gasteiger partial charge on any atom is -0.508 e. The zero-order valence-electron chi connectivity index (χ0n) is 15.8. The minimum atomic E-state index is -0.0550. The summed E-state index contributed by atoms with van der Waals surface area (Å²) in [6.07, 6.45) is 4.02. The molecule has 1 N–H and O–H groups in total. The van der Waals surface area contributed by atoms with Crippen molar-refractivity contribution in [3.05, 3.63) is 29.3 Å². The normalized spacial score (nSPS) is 17.6. The summed E-state index contributed by atoms with van der Waals surface area (Å²) in [6.45, 7) is 7.11. The van der Waals surface area contributed by atoms with Crippen LogP contribution in [0.25, 0.3) is 0 Å². The van der Waals surface area contributed by atoms with Crippen molar-refractivity contribution in [1.29, 1.82) is 0 Å². The van der Waals surface area contributed by atoms with E-state index in [1.54, 1.807) is 37.1 Å². The largest absolute Gasteiger partial charge is 0.508 e. The highest BCUT2D eigenvalue weighted by molar-refractivity contribution is 5.94. The van der Waals surface area contributed by atoms with Gasteiger partial charge in [-0.25, -0.2) is 0 Å². The van der Waals surface area contributed by atoms with Crippen LogP contribution in [0.2, 0.25) is 0 Å². The van der Waals surface area contributed by atoms with Gasteiger partial charge in [-0.05, 0) is 56.4 Å². The molecular weight excluding hydrogens is 316 g/mol. The molecule has 0 saturated carbocycles. The molecule has 1 saturated heterocycles. The molecule has 0 spiro atoms. The molecular formula is C20H30N2O3. The van der Waals surface area contributed by atoms with E-state index in [9.17, 15) is 14.7 Å². The van der Waals surface area contributed by atoms with Gasteiger partial charge in [-0.1, -0.05) is 13.8 Å². The predicted octanol–water partition coefficient (Wildman–Crippen LogP) is 3.20. The molecule has 0 aromatic heterocycles. The van der Waals surface area contributed by atoms with Crippen molar-refractivity contribution >= 4 is 11.8 Å². The van der Waals surface area contributed by atoms with Crippen LogP contribution in [0.15, 0.2) is 18.2 Å². The number of phenols is 1. The lowest BCUT2D eigenvalue weighted by Gasteiger charge is -2.37. The maximum atomic E-state index is 12.6. The van der Waals surface area contributed by atoms with Crippen LogP contribution < -0.4 is 0 Å². The summed E-state index contributed by atoms with van der Waals surface area (Å²) in [5, 5.41) is 9.60. The van der Waals surface area contributed by atoms with Crippen LogP contribution in [0.4, 0.5) is 0 Å². The number of phenolic OH excluding ortho intramolecular Hbond substituents is 1. The fourth-order valence-electron chi connectivity index (χ4n) is 3.38. The molecule has 1 aromatic carbocycles. The van der Waals surface area contributed by atoms with E-state index in [-0.39, 0.29) is 29.5 Å². The highest BCUT2D eigenvalue weighted by atomic mass is 16.3.